The largest absolute Gasteiger partial charge is 0.416 e. The molecule has 3 rings (SSSR count). The molecule has 3 aromatic rings. The number of hydrogen-bond acceptors (Lipinski definition) is 4. The molecule has 0 bridgehead atoms. The van der Waals surface area contributed by atoms with Crippen molar-refractivity contribution >= 4 is 34.3 Å². The smallest absolute Gasteiger partial charge is 0.326 e. The van der Waals surface area contributed by atoms with Gasteiger partial charge >= 0.3 is 6.18 Å². The fourth-order valence-electron chi connectivity index (χ4n) is 2.70. The van der Waals surface area contributed by atoms with Gasteiger partial charge in [0.05, 0.1) is 34.3 Å². The zero-order valence-electron chi connectivity index (χ0n) is 15.4. The fraction of sp³-hybridized carbons (Fsp3) is 0.105. The first-order valence-electron chi connectivity index (χ1n) is 8.44. The van der Waals surface area contributed by atoms with E-state index in [0.717, 1.165) is 18.2 Å². The molecule has 0 saturated heterocycles. The maximum Gasteiger partial charge on any atom is 0.416 e. The van der Waals surface area contributed by atoms with Crippen LogP contribution >= 0.6 is 11.6 Å². The summed E-state index contributed by atoms with van der Waals surface area (Å²) in [7, 11) is 0. The molecule has 7 nitrogen and oxygen atoms in total. The maximum absolute atomic E-state index is 12.9. The van der Waals surface area contributed by atoms with Crippen LogP contribution in [-0.2, 0) is 28.5 Å². The second-order valence-electron chi connectivity index (χ2n) is 6.25. The Kier molecular flexibility index (Phi) is 6.45. The van der Waals surface area contributed by atoms with Crippen molar-refractivity contribution in [1.29, 1.82) is 5.26 Å². The Hall–Kier alpha value is -3.20. The summed E-state index contributed by atoms with van der Waals surface area (Å²) >= 11 is 3.45. The molecule has 0 fully saturated rings. The number of nitriles is 1. The number of benzene rings is 2. The highest BCUT2D eigenvalue weighted by Crippen LogP contribution is 2.32. The van der Waals surface area contributed by atoms with Crippen LogP contribution in [0.25, 0.3) is 5.69 Å². The number of hydrogen-bond donors (Lipinski definition) is 2. The van der Waals surface area contributed by atoms with E-state index in [2.05, 4.69) is 10.4 Å². The van der Waals surface area contributed by atoms with Crippen LogP contribution in [0.1, 0.15) is 16.7 Å². The van der Waals surface area contributed by atoms with Crippen LogP contribution < -0.4 is 5.32 Å². The average molecular weight is 469 g/mol. The lowest BCUT2D eigenvalue weighted by molar-refractivity contribution is -0.137. The maximum atomic E-state index is 12.9. The molecule has 1 unspecified atom stereocenters. The Bertz CT molecular complexity index is 1220. The Morgan fingerprint density at radius 2 is 2.03 bits per heavy atom. The van der Waals surface area contributed by atoms with Crippen molar-refractivity contribution in [3.05, 3.63) is 70.5 Å². The number of anilines is 1. The summed E-state index contributed by atoms with van der Waals surface area (Å²) in [6, 6.07) is 8.62. The van der Waals surface area contributed by atoms with Crippen LogP contribution in [0.2, 0.25) is 5.02 Å². The monoisotopic (exact) mass is 468 g/mol. The molecule has 2 aromatic carbocycles. The van der Waals surface area contributed by atoms with Crippen LogP contribution in [0.4, 0.5) is 18.9 Å². The highest BCUT2D eigenvalue weighted by molar-refractivity contribution is 7.79. The zero-order valence-corrected chi connectivity index (χ0v) is 16.9. The third-order valence-electron chi connectivity index (χ3n) is 4.11. The summed E-state index contributed by atoms with van der Waals surface area (Å²) in [6.45, 7) is 0. The molecule has 1 aromatic heterocycles. The van der Waals surface area contributed by atoms with E-state index in [4.69, 9.17) is 16.9 Å². The first-order chi connectivity index (χ1) is 14.6. The van der Waals surface area contributed by atoms with Gasteiger partial charge in [0.1, 0.15) is 6.07 Å². The number of rotatable bonds is 5. The number of alkyl halides is 3. The summed E-state index contributed by atoms with van der Waals surface area (Å²) in [4.78, 5) is 12.2. The van der Waals surface area contributed by atoms with Crippen molar-refractivity contribution in [2.75, 3.05) is 5.32 Å². The van der Waals surface area contributed by atoms with Crippen LogP contribution in [0.15, 0.2) is 53.7 Å². The highest BCUT2D eigenvalue weighted by atomic mass is 35.5. The topological polar surface area (TPSA) is 108 Å². The van der Waals surface area contributed by atoms with Gasteiger partial charge in [-0.1, -0.05) is 11.6 Å². The Labute approximate surface area is 181 Å². The van der Waals surface area contributed by atoms with Gasteiger partial charge < -0.3 is 9.87 Å². The zero-order chi connectivity index (χ0) is 22.8. The third-order valence-corrected chi connectivity index (χ3v) is 5.19. The molecule has 1 atom stereocenters. The first kappa shape index (κ1) is 22.5. The van der Waals surface area contributed by atoms with E-state index in [-0.39, 0.29) is 32.4 Å². The normalized spacial score (nSPS) is 12.3. The molecule has 12 heteroatoms. The molecule has 0 radical (unpaired) electrons. The predicted octanol–water partition coefficient (Wildman–Crippen LogP) is 4.18. The third kappa shape index (κ3) is 5.29. The summed E-state index contributed by atoms with van der Waals surface area (Å²) in [5, 5.41) is 15.3. The van der Waals surface area contributed by atoms with Crippen LogP contribution in [0.3, 0.4) is 0 Å². The molecule has 160 valence electrons. The fourth-order valence-corrected chi connectivity index (χ4v) is 3.45. The summed E-state index contributed by atoms with van der Waals surface area (Å²) in [6.07, 6.45) is -2.38. The van der Waals surface area contributed by atoms with E-state index in [1.54, 1.807) is 0 Å². The molecule has 1 amide bonds. The minimum Gasteiger partial charge on any atom is -0.326 e. The van der Waals surface area contributed by atoms with Gasteiger partial charge in [-0.15, -0.1) is 0 Å². The first-order valence-corrected chi connectivity index (χ1v) is 9.92. The number of nitrogens with zero attached hydrogens (tertiary/aromatic N) is 3. The highest BCUT2D eigenvalue weighted by Gasteiger charge is 2.31. The predicted molar refractivity (Wildman–Crippen MR) is 106 cm³/mol. The van der Waals surface area contributed by atoms with Gasteiger partial charge in [-0.3, -0.25) is 4.79 Å². The SMILES string of the molecule is N#Cc1cnn(-c2ccc(NC(=O)Cc3cc(C(F)(F)F)ccc3Cl)cc2S(=O)O)c1. The quantitative estimate of drug-likeness (QED) is 0.546. The van der Waals surface area contributed by atoms with E-state index < -0.39 is 35.1 Å². The van der Waals surface area contributed by atoms with E-state index in [1.165, 1.54) is 35.3 Å². The summed E-state index contributed by atoms with van der Waals surface area (Å²) in [5.74, 6) is -0.672. The minimum atomic E-state index is -4.58. The average Bonchev–Trinajstić information content (AvgIpc) is 3.17. The van der Waals surface area contributed by atoms with Gasteiger partial charge in [0.2, 0.25) is 5.91 Å². The molecule has 0 aliphatic heterocycles. The van der Waals surface area contributed by atoms with Gasteiger partial charge in [0.25, 0.3) is 0 Å². The molecule has 0 spiro atoms. The lowest BCUT2D eigenvalue weighted by Gasteiger charge is -2.12. The standard InChI is InChI=1S/C19H12ClF3N4O3S/c20-15-3-1-13(19(21,22)23)5-12(15)6-18(28)26-14-2-4-16(17(7-14)31(29)30)27-10-11(8-24)9-25-27/h1-5,7,9-10H,6H2,(H,26,28)(H,29,30). The molecule has 0 saturated carbocycles. The lowest BCUT2D eigenvalue weighted by atomic mass is 10.1. The Morgan fingerprint density at radius 3 is 2.65 bits per heavy atom. The van der Waals surface area contributed by atoms with Crippen molar-refractivity contribution in [3.63, 3.8) is 0 Å². The van der Waals surface area contributed by atoms with E-state index in [0.29, 0.717) is 0 Å². The summed E-state index contributed by atoms with van der Waals surface area (Å²) < 4.78 is 61.2. The molecule has 2 N–H and O–H groups in total. The lowest BCUT2D eigenvalue weighted by Crippen LogP contribution is -2.16. The van der Waals surface area contributed by atoms with Crippen LogP contribution in [0.5, 0.6) is 0 Å². The number of halogens is 4. The molecule has 0 aliphatic carbocycles. The van der Waals surface area contributed by atoms with E-state index in [9.17, 15) is 26.7 Å². The number of nitrogens with one attached hydrogen (secondary N) is 1. The number of amides is 1. The van der Waals surface area contributed by atoms with Crippen molar-refractivity contribution < 1.29 is 26.7 Å². The number of carbonyl (C=O) groups excluding carboxylic acids is 1. The van der Waals surface area contributed by atoms with Gasteiger partial charge in [0.15, 0.2) is 11.1 Å². The molecular formula is C19H12ClF3N4O3S. The van der Waals surface area contributed by atoms with Crippen LogP contribution in [0, 0.1) is 11.3 Å². The summed E-state index contributed by atoms with van der Waals surface area (Å²) in [5.41, 5.74) is -0.358. The second-order valence-corrected chi connectivity index (χ2v) is 7.59. The minimum absolute atomic E-state index is 0.00243. The van der Waals surface area contributed by atoms with Gasteiger partial charge in [-0.05, 0) is 42.0 Å². The number of carbonyl (C=O) groups is 1. The molecule has 0 aliphatic rings. The van der Waals surface area contributed by atoms with Crippen molar-refractivity contribution in [3.8, 4) is 11.8 Å². The van der Waals surface area contributed by atoms with E-state index >= 15 is 0 Å². The van der Waals surface area contributed by atoms with Crippen molar-refractivity contribution in [2.24, 2.45) is 0 Å². The van der Waals surface area contributed by atoms with Crippen molar-refractivity contribution in [2.45, 2.75) is 17.5 Å². The second kappa shape index (κ2) is 8.89. The molecule has 31 heavy (non-hydrogen) atoms. The Balaban J connectivity index is 1.83. The van der Waals surface area contributed by atoms with Gasteiger partial charge in [-0.2, -0.15) is 23.5 Å². The van der Waals surface area contributed by atoms with Crippen molar-refractivity contribution in [1.82, 2.24) is 9.78 Å². The van der Waals surface area contributed by atoms with Crippen LogP contribution in [-0.4, -0.2) is 24.4 Å². The van der Waals surface area contributed by atoms with E-state index in [1.807, 2.05) is 6.07 Å². The number of aromatic nitrogens is 2. The Morgan fingerprint density at radius 1 is 1.29 bits per heavy atom. The molecule has 1 heterocycles. The van der Waals surface area contributed by atoms with Gasteiger partial charge in [0, 0.05) is 16.9 Å². The molecular weight excluding hydrogens is 457 g/mol. The van der Waals surface area contributed by atoms with Gasteiger partial charge in [-0.25, -0.2) is 8.89 Å².